The van der Waals surface area contributed by atoms with Gasteiger partial charge in [0, 0.05) is 12.0 Å². The molecule has 5 heteroatoms. The number of rotatable bonds is 7. The second-order valence-electron chi connectivity index (χ2n) is 7.26. The van der Waals surface area contributed by atoms with E-state index in [1.807, 2.05) is 31.2 Å². The monoisotopic (exact) mass is 385 g/mol. The van der Waals surface area contributed by atoms with Crippen LogP contribution in [0.15, 0.2) is 48.5 Å². The van der Waals surface area contributed by atoms with Crippen molar-refractivity contribution in [3.05, 3.63) is 59.9 Å². The van der Waals surface area contributed by atoms with Crippen LogP contribution in [0.1, 0.15) is 58.1 Å². The van der Waals surface area contributed by atoms with E-state index in [2.05, 4.69) is 19.2 Å². The van der Waals surface area contributed by atoms with Crippen LogP contribution in [0.4, 0.5) is 4.39 Å². The predicted molar refractivity (Wildman–Crippen MR) is 107 cm³/mol. The van der Waals surface area contributed by atoms with Crippen molar-refractivity contribution < 1.29 is 18.7 Å². The van der Waals surface area contributed by atoms with Crippen LogP contribution in [0.5, 0.6) is 11.5 Å². The summed E-state index contributed by atoms with van der Waals surface area (Å²) in [6, 6.07) is 13.4. The highest BCUT2D eigenvalue weighted by Gasteiger charge is 2.39. The number of carbonyl (C=O) groups excluding carboxylic acids is 1. The second kappa shape index (κ2) is 8.63. The maximum Gasteiger partial charge on any atom is 0.261 e. The Hall–Kier alpha value is -2.56. The van der Waals surface area contributed by atoms with Crippen molar-refractivity contribution in [2.75, 3.05) is 0 Å². The lowest BCUT2D eigenvalue weighted by Gasteiger charge is -2.42. The molecule has 1 aliphatic rings. The normalized spacial score (nSPS) is 18.5. The number of ether oxygens (including phenoxy) is 2. The largest absolute Gasteiger partial charge is 0.487 e. The van der Waals surface area contributed by atoms with Crippen LogP contribution in [0, 0.1) is 5.82 Å². The Morgan fingerprint density at radius 1 is 1.18 bits per heavy atom. The molecule has 3 rings (SSSR count). The first-order valence-corrected chi connectivity index (χ1v) is 10.0. The number of amides is 1. The zero-order chi connectivity index (χ0) is 20.1. The Labute approximate surface area is 166 Å². The molecule has 2 atom stereocenters. The standard InChI is InChI=1S/C23H28FNO3/c1-4-20(27-17-13-11-16(24)12-14-17)22(26)25-19-15-23(5-2,6-3)28-21-10-8-7-9-18(19)21/h7-14,19-20H,4-6,15H2,1-3H3,(H,25,26)/t19-,20-/m1/s1. The molecule has 0 aliphatic carbocycles. The van der Waals surface area contributed by atoms with E-state index in [0.29, 0.717) is 12.2 Å². The van der Waals surface area contributed by atoms with E-state index in [-0.39, 0.29) is 23.4 Å². The van der Waals surface area contributed by atoms with Crippen LogP contribution in [-0.2, 0) is 4.79 Å². The average molecular weight is 385 g/mol. The zero-order valence-electron chi connectivity index (χ0n) is 16.7. The van der Waals surface area contributed by atoms with Gasteiger partial charge >= 0.3 is 0 Å². The van der Waals surface area contributed by atoms with Crippen molar-refractivity contribution in [1.82, 2.24) is 5.32 Å². The molecule has 0 spiro atoms. The average Bonchev–Trinajstić information content (AvgIpc) is 2.73. The molecule has 28 heavy (non-hydrogen) atoms. The summed E-state index contributed by atoms with van der Waals surface area (Å²) < 4.78 is 25.2. The maximum absolute atomic E-state index is 13.1. The van der Waals surface area contributed by atoms with Crippen molar-refractivity contribution in [1.29, 1.82) is 0 Å². The first-order chi connectivity index (χ1) is 13.5. The van der Waals surface area contributed by atoms with Crippen LogP contribution in [0.3, 0.4) is 0 Å². The molecule has 0 aromatic heterocycles. The molecule has 4 nitrogen and oxygen atoms in total. The van der Waals surface area contributed by atoms with Crippen molar-refractivity contribution in [3.8, 4) is 11.5 Å². The summed E-state index contributed by atoms with van der Waals surface area (Å²) in [6.07, 6.45) is 2.33. The van der Waals surface area contributed by atoms with Gasteiger partial charge in [0.05, 0.1) is 6.04 Å². The number of hydrogen-bond donors (Lipinski definition) is 1. The van der Waals surface area contributed by atoms with Gasteiger partial charge in [-0.05, 0) is 49.6 Å². The van der Waals surface area contributed by atoms with E-state index < -0.39 is 6.10 Å². The molecule has 1 heterocycles. The van der Waals surface area contributed by atoms with E-state index >= 15 is 0 Å². The Bertz CT molecular complexity index is 802. The van der Waals surface area contributed by atoms with Gasteiger partial charge < -0.3 is 14.8 Å². The maximum atomic E-state index is 13.1. The molecular weight excluding hydrogens is 357 g/mol. The number of fused-ring (bicyclic) bond motifs is 1. The summed E-state index contributed by atoms with van der Waals surface area (Å²) in [5.74, 6) is 0.802. The molecule has 1 amide bonds. The molecule has 0 unspecified atom stereocenters. The van der Waals surface area contributed by atoms with E-state index in [1.54, 1.807) is 0 Å². The first kappa shape index (κ1) is 20.2. The van der Waals surface area contributed by atoms with Crippen LogP contribution in [0.2, 0.25) is 0 Å². The van der Waals surface area contributed by atoms with Gasteiger partial charge in [0.15, 0.2) is 6.10 Å². The Morgan fingerprint density at radius 2 is 1.86 bits per heavy atom. The Kier molecular flexibility index (Phi) is 6.22. The van der Waals surface area contributed by atoms with Gasteiger partial charge in [-0.2, -0.15) is 0 Å². The number of nitrogens with one attached hydrogen (secondary N) is 1. The van der Waals surface area contributed by atoms with Crippen molar-refractivity contribution >= 4 is 5.91 Å². The lowest BCUT2D eigenvalue weighted by atomic mass is 9.83. The SMILES string of the molecule is CC[C@@H](Oc1ccc(F)cc1)C(=O)N[C@@H]1CC(CC)(CC)Oc2ccccc21. The fourth-order valence-corrected chi connectivity index (χ4v) is 3.69. The first-order valence-electron chi connectivity index (χ1n) is 10.0. The Balaban J connectivity index is 1.78. The zero-order valence-corrected chi connectivity index (χ0v) is 16.7. The van der Waals surface area contributed by atoms with Crippen molar-refractivity contribution in [2.24, 2.45) is 0 Å². The highest BCUT2D eigenvalue weighted by atomic mass is 19.1. The minimum Gasteiger partial charge on any atom is -0.487 e. The molecule has 2 aromatic carbocycles. The summed E-state index contributed by atoms with van der Waals surface area (Å²) in [5.41, 5.74) is 0.705. The minimum atomic E-state index is -0.641. The van der Waals surface area contributed by atoms with Gasteiger partial charge in [-0.3, -0.25) is 4.79 Å². The van der Waals surface area contributed by atoms with E-state index in [9.17, 15) is 9.18 Å². The van der Waals surface area contributed by atoms with Gasteiger partial charge in [-0.25, -0.2) is 4.39 Å². The summed E-state index contributed by atoms with van der Waals surface area (Å²) in [4.78, 5) is 13.0. The van der Waals surface area contributed by atoms with Crippen molar-refractivity contribution in [2.45, 2.75) is 64.2 Å². The van der Waals surface area contributed by atoms with E-state index in [4.69, 9.17) is 9.47 Å². The number of halogens is 1. The van der Waals surface area contributed by atoms with Gasteiger partial charge in [0.2, 0.25) is 0 Å². The van der Waals surface area contributed by atoms with Gasteiger partial charge in [-0.1, -0.05) is 39.0 Å². The molecule has 150 valence electrons. The van der Waals surface area contributed by atoms with Gasteiger partial charge in [0.25, 0.3) is 5.91 Å². The third-order valence-electron chi connectivity index (χ3n) is 5.56. The fraction of sp³-hybridized carbons (Fsp3) is 0.435. The summed E-state index contributed by atoms with van der Waals surface area (Å²) >= 11 is 0. The Morgan fingerprint density at radius 3 is 2.50 bits per heavy atom. The predicted octanol–water partition coefficient (Wildman–Crippen LogP) is 5.18. The fourth-order valence-electron chi connectivity index (χ4n) is 3.69. The van der Waals surface area contributed by atoms with Gasteiger partial charge in [-0.15, -0.1) is 0 Å². The molecule has 0 bridgehead atoms. The molecular formula is C23H28FNO3. The molecule has 1 N–H and O–H groups in total. The summed E-state index contributed by atoms with van der Waals surface area (Å²) in [5, 5.41) is 3.16. The smallest absolute Gasteiger partial charge is 0.261 e. The van der Waals surface area contributed by atoms with E-state index in [0.717, 1.165) is 30.6 Å². The van der Waals surface area contributed by atoms with Crippen LogP contribution in [-0.4, -0.2) is 17.6 Å². The topological polar surface area (TPSA) is 47.6 Å². The number of carbonyl (C=O) groups is 1. The molecule has 2 aromatic rings. The number of para-hydroxylation sites is 1. The quantitative estimate of drug-likeness (QED) is 0.714. The molecule has 0 saturated carbocycles. The highest BCUT2D eigenvalue weighted by molar-refractivity contribution is 5.81. The highest BCUT2D eigenvalue weighted by Crippen LogP contribution is 2.42. The molecule has 1 aliphatic heterocycles. The van der Waals surface area contributed by atoms with E-state index in [1.165, 1.54) is 24.3 Å². The lowest BCUT2D eigenvalue weighted by Crippen LogP contribution is -2.47. The van der Waals surface area contributed by atoms with Crippen LogP contribution >= 0.6 is 0 Å². The van der Waals surface area contributed by atoms with Crippen molar-refractivity contribution in [3.63, 3.8) is 0 Å². The lowest BCUT2D eigenvalue weighted by molar-refractivity contribution is -0.129. The number of hydrogen-bond acceptors (Lipinski definition) is 3. The molecule has 0 saturated heterocycles. The third kappa shape index (κ3) is 4.29. The third-order valence-corrected chi connectivity index (χ3v) is 5.56. The number of benzene rings is 2. The van der Waals surface area contributed by atoms with Crippen LogP contribution < -0.4 is 14.8 Å². The molecule has 0 radical (unpaired) electrons. The van der Waals surface area contributed by atoms with Gasteiger partial charge in [0.1, 0.15) is 22.9 Å². The summed E-state index contributed by atoms with van der Waals surface area (Å²) in [6.45, 7) is 6.12. The summed E-state index contributed by atoms with van der Waals surface area (Å²) in [7, 11) is 0. The van der Waals surface area contributed by atoms with Crippen LogP contribution in [0.25, 0.3) is 0 Å². The molecule has 0 fully saturated rings. The minimum absolute atomic E-state index is 0.136. The second-order valence-corrected chi connectivity index (χ2v) is 7.26.